The lowest BCUT2D eigenvalue weighted by molar-refractivity contribution is -0.137. The summed E-state index contributed by atoms with van der Waals surface area (Å²) in [5.41, 5.74) is 2.19. The van der Waals surface area contributed by atoms with Crippen molar-refractivity contribution in [3.63, 3.8) is 0 Å². The maximum absolute atomic E-state index is 14.3. The number of fused-ring (bicyclic) bond motifs is 1. The van der Waals surface area contributed by atoms with Crippen LogP contribution in [-0.2, 0) is 22.6 Å². The Bertz CT molecular complexity index is 1470. The third kappa shape index (κ3) is 8.45. The summed E-state index contributed by atoms with van der Waals surface area (Å²) in [6.45, 7) is 5.62. The maximum atomic E-state index is 14.3. The number of amides is 2. The van der Waals surface area contributed by atoms with Crippen molar-refractivity contribution in [1.82, 2.24) is 14.3 Å². The van der Waals surface area contributed by atoms with E-state index >= 15 is 0 Å². The van der Waals surface area contributed by atoms with Crippen molar-refractivity contribution < 1.29 is 18.7 Å². The number of nitrogens with zero attached hydrogens (tertiary/aromatic N) is 4. The average molecular weight is 610 g/mol. The van der Waals surface area contributed by atoms with Gasteiger partial charge in [-0.15, -0.1) is 11.8 Å². The summed E-state index contributed by atoms with van der Waals surface area (Å²) >= 11 is 8.17. The Balaban J connectivity index is 0.000000252. The summed E-state index contributed by atoms with van der Waals surface area (Å²) in [6, 6.07) is 10.5. The van der Waals surface area contributed by atoms with E-state index in [1.165, 1.54) is 23.6 Å². The Morgan fingerprint density at radius 2 is 1.82 bits per heavy atom. The number of hydrogen-bond acceptors (Lipinski definition) is 7. The molecule has 3 aromatic rings. The minimum atomic E-state index is -0.580. The number of halogens is 2. The molecule has 0 bridgehead atoms. The molecule has 0 fully saturated rings. The van der Waals surface area contributed by atoms with Gasteiger partial charge in [-0.2, -0.15) is 0 Å². The van der Waals surface area contributed by atoms with Crippen molar-refractivity contribution >= 4 is 58.1 Å². The van der Waals surface area contributed by atoms with Crippen LogP contribution in [0.15, 0.2) is 51.1 Å². The highest BCUT2D eigenvalue weighted by molar-refractivity contribution is 8.00. The molecule has 40 heavy (non-hydrogen) atoms. The first-order valence-electron chi connectivity index (χ1n) is 12.6. The van der Waals surface area contributed by atoms with Gasteiger partial charge in [0.25, 0.3) is 0 Å². The molecule has 4 rings (SSSR count). The molecule has 2 heterocycles. The first-order chi connectivity index (χ1) is 19.0. The Kier molecular flexibility index (Phi) is 11.4. The van der Waals surface area contributed by atoms with Crippen LogP contribution in [0.2, 0.25) is 5.02 Å². The van der Waals surface area contributed by atoms with Crippen molar-refractivity contribution in [1.29, 1.82) is 0 Å². The van der Waals surface area contributed by atoms with Crippen LogP contribution in [0.3, 0.4) is 0 Å². The largest absolute Gasteiger partial charge is 0.468 e. The number of urea groups is 1. The van der Waals surface area contributed by atoms with E-state index < -0.39 is 11.8 Å². The first kappa shape index (κ1) is 31.4. The number of benzene rings is 2. The SMILES string of the molecule is CC(C)c1ccc(NC(=O)N(C)C)cc1.COC(=O)CSc1cc(N=c2sc(=O)n3n2CCCC3)c(F)cc1Cl. The third-order valence-corrected chi connectivity index (χ3v) is 8.24. The van der Waals surface area contributed by atoms with Gasteiger partial charge in [0.05, 0.1) is 17.9 Å². The van der Waals surface area contributed by atoms with Gasteiger partial charge in [-0.1, -0.05) is 37.6 Å². The monoisotopic (exact) mass is 609 g/mol. The number of carbonyl (C=O) groups excluding carboxylic acids is 2. The number of hydrogen-bond donors (Lipinski definition) is 1. The predicted octanol–water partition coefficient (Wildman–Crippen LogP) is 5.70. The van der Waals surface area contributed by atoms with E-state index in [4.69, 9.17) is 11.6 Å². The second-order valence-electron chi connectivity index (χ2n) is 9.42. The molecule has 1 aliphatic heterocycles. The lowest BCUT2D eigenvalue weighted by atomic mass is 10.0. The minimum Gasteiger partial charge on any atom is -0.468 e. The zero-order valence-corrected chi connectivity index (χ0v) is 25.5. The predicted molar refractivity (Wildman–Crippen MR) is 158 cm³/mol. The molecule has 1 N–H and O–H groups in total. The Hall–Kier alpha value is -3.09. The van der Waals surface area contributed by atoms with Crippen LogP contribution in [0, 0.1) is 5.82 Å². The van der Waals surface area contributed by atoms with E-state index in [2.05, 4.69) is 28.9 Å². The van der Waals surface area contributed by atoms with E-state index in [1.54, 1.807) is 23.5 Å². The van der Waals surface area contributed by atoms with Crippen molar-refractivity contribution in [3.05, 3.63) is 67.3 Å². The zero-order chi connectivity index (χ0) is 29.4. The number of esters is 1. The average Bonchev–Trinajstić information content (AvgIpc) is 3.24. The lowest BCUT2D eigenvalue weighted by Gasteiger charge is -2.15. The standard InChI is InChI=1S/C15H15ClFN3O3S2.C12H18N2O/c1-23-13(21)8-24-12-7-11(10(17)6-9(12)16)18-14-19-4-2-3-5-20(19)15(22)25-14;1-9(2)10-5-7-11(8-6-10)13-12(15)14(3)4/h6-7H,2-5,8H2,1H3;5-9H,1-4H3,(H,13,15). The van der Waals surface area contributed by atoms with E-state index in [-0.39, 0.29) is 27.4 Å². The fourth-order valence-corrected chi connectivity index (χ4v) is 5.60. The summed E-state index contributed by atoms with van der Waals surface area (Å²) in [4.78, 5) is 41.4. The van der Waals surface area contributed by atoms with Gasteiger partial charge in [0.1, 0.15) is 11.5 Å². The van der Waals surface area contributed by atoms with Crippen LogP contribution in [0.25, 0.3) is 0 Å². The van der Waals surface area contributed by atoms with E-state index in [9.17, 15) is 18.8 Å². The van der Waals surface area contributed by atoms with Crippen molar-refractivity contribution in [2.75, 3.05) is 32.3 Å². The fourth-order valence-electron chi connectivity index (χ4n) is 3.62. The van der Waals surface area contributed by atoms with Gasteiger partial charge in [0.2, 0.25) is 4.80 Å². The molecule has 1 aliphatic rings. The molecule has 0 saturated heterocycles. The smallest absolute Gasteiger partial charge is 0.325 e. The van der Waals surface area contributed by atoms with Crippen LogP contribution in [0.5, 0.6) is 0 Å². The molecule has 216 valence electrons. The van der Waals surface area contributed by atoms with Gasteiger partial charge >= 0.3 is 16.9 Å². The highest BCUT2D eigenvalue weighted by Gasteiger charge is 2.15. The van der Waals surface area contributed by atoms with Crippen LogP contribution in [0.1, 0.15) is 38.2 Å². The summed E-state index contributed by atoms with van der Waals surface area (Å²) < 4.78 is 22.3. The number of carbonyl (C=O) groups is 2. The highest BCUT2D eigenvalue weighted by Crippen LogP contribution is 2.33. The number of methoxy groups -OCH3 is 1. The number of rotatable bonds is 6. The van der Waals surface area contributed by atoms with E-state index in [1.807, 2.05) is 24.3 Å². The lowest BCUT2D eigenvalue weighted by Crippen LogP contribution is -2.31. The van der Waals surface area contributed by atoms with Gasteiger partial charge in [0.15, 0.2) is 0 Å². The molecule has 1 aromatic heterocycles. The van der Waals surface area contributed by atoms with Gasteiger partial charge in [-0.3, -0.25) is 14.3 Å². The van der Waals surface area contributed by atoms with Gasteiger partial charge < -0.3 is 15.0 Å². The molecule has 0 aliphatic carbocycles. The van der Waals surface area contributed by atoms with Crippen LogP contribution in [0.4, 0.5) is 20.6 Å². The Morgan fingerprint density at radius 3 is 2.42 bits per heavy atom. The second kappa shape index (κ2) is 14.5. The zero-order valence-electron chi connectivity index (χ0n) is 23.1. The Labute approximate surface area is 245 Å². The van der Waals surface area contributed by atoms with Gasteiger partial charge in [-0.25, -0.2) is 18.9 Å². The van der Waals surface area contributed by atoms with Gasteiger partial charge in [-0.05, 0) is 59.9 Å². The summed E-state index contributed by atoms with van der Waals surface area (Å²) in [6.07, 6.45) is 1.90. The summed E-state index contributed by atoms with van der Waals surface area (Å²) in [5, 5.41) is 2.99. The molecular weight excluding hydrogens is 577 g/mol. The quantitative estimate of drug-likeness (QED) is 0.286. The normalized spacial score (nSPS) is 12.8. The van der Waals surface area contributed by atoms with Crippen molar-refractivity contribution in [2.45, 2.75) is 50.6 Å². The molecular formula is C27H33ClFN5O4S2. The van der Waals surface area contributed by atoms with Crippen LogP contribution >= 0.6 is 34.7 Å². The number of nitrogens with one attached hydrogen (secondary N) is 1. The van der Waals surface area contributed by atoms with E-state index in [0.29, 0.717) is 28.7 Å². The molecule has 0 atom stereocenters. The van der Waals surface area contributed by atoms with Crippen LogP contribution in [-0.4, -0.2) is 53.2 Å². The third-order valence-electron chi connectivity index (χ3n) is 5.92. The molecule has 0 spiro atoms. The maximum Gasteiger partial charge on any atom is 0.325 e. The molecule has 13 heteroatoms. The summed E-state index contributed by atoms with van der Waals surface area (Å²) in [5.74, 6) is -0.406. The molecule has 2 amide bonds. The number of anilines is 1. The molecule has 0 unspecified atom stereocenters. The van der Waals surface area contributed by atoms with Crippen molar-refractivity contribution in [3.8, 4) is 0 Å². The number of ether oxygens (including phenoxy) is 1. The van der Waals surface area contributed by atoms with Crippen LogP contribution < -0.4 is 15.0 Å². The fraction of sp³-hybridized carbons (Fsp3) is 0.407. The minimum absolute atomic E-state index is 0.0605. The topological polar surface area (TPSA) is 97.9 Å². The number of aromatic nitrogens is 2. The molecule has 9 nitrogen and oxygen atoms in total. The number of thioether (sulfide) groups is 1. The second-order valence-corrected chi connectivity index (χ2v) is 11.8. The van der Waals surface area contributed by atoms with Gasteiger partial charge in [0, 0.05) is 37.8 Å². The Morgan fingerprint density at radius 1 is 1.18 bits per heavy atom. The molecule has 2 aromatic carbocycles. The molecule has 0 radical (unpaired) electrons. The van der Waals surface area contributed by atoms with Crippen molar-refractivity contribution in [2.24, 2.45) is 4.99 Å². The first-order valence-corrected chi connectivity index (χ1v) is 14.8. The van der Waals surface area contributed by atoms with E-state index in [0.717, 1.165) is 47.7 Å². The molecule has 0 saturated carbocycles. The highest BCUT2D eigenvalue weighted by atomic mass is 35.5. The summed E-state index contributed by atoms with van der Waals surface area (Å²) in [7, 11) is 4.74.